The Morgan fingerprint density at radius 1 is 0.933 bits per heavy atom. The summed E-state index contributed by atoms with van der Waals surface area (Å²) >= 11 is 0. The lowest BCUT2D eigenvalue weighted by molar-refractivity contribution is 0.0948. The molecule has 0 atom stereocenters. The largest absolute Gasteiger partial charge is 0.494 e. The number of carbonyl (C=O) groups is 2. The van der Waals surface area contributed by atoms with Crippen molar-refractivity contribution < 1.29 is 14.3 Å². The van der Waals surface area contributed by atoms with Gasteiger partial charge in [-0.2, -0.15) is 0 Å². The standard InChI is InChI=1S/C24H31N3O3/c1-4-27(5-2)18-17-26-24(29)20-7-11-21(12-8-20)25-16-15-23(28)19-9-13-22(14-10-19)30-6-3/h7-16,25H,4-6,17-18H2,1-3H3,(H,26,29)/b16-15+. The predicted octanol–water partition coefficient (Wildman–Crippen LogP) is 3.97. The number of nitrogens with one attached hydrogen (secondary N) is 2. The first-order chi connectivity index (χ1) is 14.6. The number of nitrogens with zero attached hydrogens (tertiary/aromatic N) is 1. The molecule has 0 saturated carbocycles. The zero-order chi connectivity index (χ0) is 21.8. The molecule has 6 nitrogen and oxygen atoms in total. The Bertz CT molecular complexity index is 826. The molecule has 2 rings (SSSR count). The highest BCUT2D eigenvalue weighted by molar-refractivity contribution is 6.04. The minimum Gasteiger partial charge on any atom is -0.494 e. The van der Waals surface area contributed by atoms with Gasteiger partial charge in [-0.05, 0) is 68.5 Å². The molecule has 0 aromatic heterocycles. The van der Waals surface area contributed by atoms with Crippen molar-refractivity contribution in [1.82, 2.24) is 10.2 Å². The molecule has 2 N–H and O–H groups in total. The van der Waals surface area contributed by atoms with Crippen LogP contribution < -0.4 is 15.4 Å². The molecule has 30 heavy (non-hydrogen) atoms. The Balaban J connectivity index is 1.82. The summed E-state index contributed by atoms with van der Waals surface area (Å²) in [5.41, 5.74) is 1.99. The van der Waals surface area contributed by atoms with E-state index >= 15 is 0 Å². The number of rotatable bonds is 12. The number of ketones is 1. The molecular weight excluding hydrogens is 378 g/mol. The van der Waals surface area contributed by atoms with Crippen LogP contribution in [0, 0.1) is 0 Å². The van der Waals surface area contributed by atoms with Crippen LogP contribution in [0.5, 0.6) is 5.75 Å². The van der Waals surface area contributed by atoms with Crippen molar-refractivity contribution in [3.63, 3.8) is 0 Å². The predicted molar refractivity (Wildman–Crippen MR) is 121 cm³/mol. The average molecular weight is 410 g/mol. The molecular formula is C24H31N3O3. The second kappa shape index (κ2) is 12.4. The molecule has 0 spiro atoms. The molecule has 6 heteroatoms. The number of allylic oxidation sites excluding steroid dienone is 1. The van der Waals surface area contributed by atoms with Gasteiger partial charge in [0.05, 0.1) is 6.61 Å². The molecule has 0 bridgehead atoms. The second-order valence-corrected chi connectivity index (χ2v) is 6.66. The number of hydrogen-bond donors (Lipinski definition) is 2. The number of hydrogen-bond acceptors (Lipinski definition) is 5. The summed E-state index contributed by atoms with van der Waals surface area (Å²) in [7, 11) is 0. The lowest BCUT2D eigenvalue weighted by Gasteiger charge is -2.17. The van der Waals surface area contributed by atoms with Crippen molar-refractivity contribution in [2.45, 2.75) is 20.8 Å². The first kappa shape index (κ1) is 23.2. The average Bonchev–Trinajstić information content (AvgIpc) is 2.77. The molecule has 0 aliphatic rings. The molecule has 160 valence electrons. The van der Waals surface area contributed by atoms with E-state index in [2.05, 4.69) is 29.4 Å². The summed E-state index contributed by atoms with van der Waals surface area (Å²) in [5.74, 6) is 0.554. The number of ether oxygens (including phenoxy) is 1. The SMILES string of the molecule is CCOc1ccc(C(=O)/C=C/Nc2ccc(C(=O)NCCN(CC)CC)cc2)cc1. The van der Waals surface area contributed by atoms with Crippen LogP contribution in [0.4, 0.5) is 5.69 Å². The maximum atomic E-state index is 12.2. The van der Waals surface area contributed by atoms with Crippen molar-refractivity contribution >= 4 is 17.4 Å². The summed E-state index contributed by atoms with van der Waals surface area (Å²) in [5, 5.41) is 5.99. The number of amides is 1. The van der Waals surface area contributed by atoms with Crippen LogP contribution in [0.2, 0.25) is 0 Å². The van der Waals surface area contributed by atoms with Gasteiger partial charge in [0.1, 0.15) is 5.75 Å². The third-order valence-corrected chi connectivity index (χ3v) is 4.69. The fourth-order valence-electron chi connectivity index (χ4n) is 2.88. The zero-order valence-electron chi connectivity index (χ0n) is 18.0. The summed E-state index contributed by atoms with van der Waals surface area (Å²) in [6, 6.07) is 14.2. The van der Waals surface area contributed by atoms with Gasteiger partial charge in [0.15, 0.2) is 5.78 Å². The molecule has 2 aromatic rings. The summed E-state index contributed by atoms with van der Waals surface area (Å²) in [6.07, 6.45) is 3.07. The van der Waals surface area contributed by atoms with Gasteiger partial charge in [0.25, 0.3) is 5.91 Å². The quantitative estimate of drug-likeness (QED) is 0.410. The zero-order valence-corrected chi connectivity index (χ0v) is 18.0. The smallest absolute Gasteiger partial charge is 0.251 e. The van der Waals surface area contributed by atoms with Crippen LogP contribution >= 0.6 is 0 Å². The van der Waals surface area contributed by atoms with Gasteiger partial charge in [0.2, 0.25) is 0 Å². The highest BCUT2D eigenvalue weighted by atomic mass is 16.5. The Kier molecular flexibility index (Phi) is 9.61. The van der Waals surface area contributed by atoms with Gasteiger partial charge >= 0.3 is 0 Å². The van der Waals surface area contributed by atoms with Crippen molar-refractivity contribution in [2.24, 2.45) is 0 Å². The number of anilines is 1. The first-order valence-corrected chi connectivity index (χ1v) is 10.4. The van der Waals surface area contributed by atoms with Gasteiger partial charge in [0, 0.05) is 42.2 Å². The van der Waals surface area contributed by atoms with Crippen LogP contribution in [-0.4, -0.2) is 49.4 Å². The van der Waals surface area contributed by atoms with E-state index in [4.69, 9.17) is 4.74 Å². The Hall–Kier alpha value is -3.12. The van der Waals surface area contributed by atoms with E-state index in [1.165, 1.54) is 6.08 Å². The van der Waals surface area contributed by atoms with Gasteiger partial charge < -0.3 is 20.3 Å². The van der Waals surface area contributed by atoms with E-state index in [-0.39, 0.29) is 11.7 Å². The van der Waals surface area contributed by atoms with E-state index < -0.39 is 0 Å². The molecule has 0 fully saturated rings. The van der Waals surface area contributed by atoms with Crippen molar-refractivity contribution in [1.29, 1.82) is 0 Å². The minimum absolute atomic E-state index is 0.0880. The van der Waals surface area contributed by atoms with Crippen LogP contribution in [0.15, 0.2) is 60.8 Å². The fraction of sp³-hybridized carbons (Fsp3) is 0.333. The normalized spacial score (nSPS) is 10.9. The Labute approximate surface area is 178 Å². The highest BCUT2D eigenvalue weighted by Gasteiger charge is 2.06. The van der Waals surface area contributed by atoms with E-state index in [0.29, 0.717) is 24.3 Å². The van der Waals surface area contributed by atoms with Crippen LogP contribution in [-0.2, 0) is 0 Å². The van der Waals surface area contributed by atoms with Crippen molar-refractivity contribution in [2.75, 3.05) is 38.1 Å². The molecule has 0 aliphatic carbocycles. The lowest BCUT2D eigenvalue weighted by atomic mass is 10.1. The second-order valence-electron chi connectivity index (χ2n) is 6.66. The molecule has 2 aromatic carbocycles. The van der Waals surface area contributed by atoms with Crippen LogP contribution in [0.3, 0.4) is 0 Å². The number of benzene rings is 2. The highest BCUT2D eigenvalue weighted by Crippen LogP contribution is 2.13. The summed E-state index contributed by atoms with van der Waals surface area (Å²) in [4.78, 5) is 26.7. The van der Waals surface area contributed by atoms with Gasteiger partial charge in [-0.15, -0.1) is 0 Å². The third kappa shape index (κ3) is 7.37. The molecule has 1 amide bonds. The minimum atomic E-state index is -0.102. The third-order valence-electron chi connectivity index (χ3n) is 4.69. The summed E-state index contributed by atoms with van der Waals surface area (Å²) in [6.45, 7) is 10.1. The molecule has 0 heterocycles. The monoisotopic (exact) mass is 409 g/mol. The number of carbonyl (C=O) groups excluding carboxylic acids is 2. The molecule has 0 saturated heterocycles. The first-order valence-electron chi connectivity index (χ1n) is 10.4. The van der Waals surface area contributed by atoms with Crippen LogP contribution in [0.25, 0.3) is 0 Å². The molecule has 0 unspecified atom stereocenters. The Morgan fingerprint density at radius 3 is 2.17 bits per heavy atom. The fourth-order valence-corrected chi connectivity index (χ4v) is 2.88. The van der Waals surface area contributed by atoms with Gasteiger partial charge in [-0.1, -0.05) is 13.8 Å². The van der Waals surface area contributed by atoms with Crippen LogP contribution in [0.1, 0.15) is 41.5 Å². The van der Waals surface area contributed by atoms with E-state index in [1.54, 1.807) is 42.6 Å². The van der Waals surface area contributed by atoms with Crippen molar-refractivity contribution in [3.8, 4) is 5.75 Å². The van der Waals surface area contributed by atoms with Gasteiger partial charge in [-0.25, -0.2) is 0 Å². The van der Waals surface area contributed by atoms with E-state index in [0.717, 1.165) is 31.1 Å². The number of likely N-dealkylation sites (N-methyl/N-ethyl adjacent to an activating group) is 1. The van der Waals surface area contributed by atoms with Gasteiger partial charge in [-0.3, -0.25) is 9.59 Å². The topological polar surface area (TPSA) is 70.7 Å². The molecule has 0 aliphatic heterocycles. The maximum Gasteiger partial charge on any atom is 0.251 e. The molecule has 0 radical (unpaired) electrons. The van der Waals surface area contributed by atoms with Crippen molar-refractivity contribution in [3.05, 3.63) is 71.9 Å². The lowest BCUT2D eigenvalue weighted by Crippen LogP contribution is -2.34. The van der Waals surface area contributed by atoms with E-state index in [9.17, 15) is 9.59 Å². The summed E-state index contributed by atoms with van der Waals surface area (Å²) < 4.78 is 5.38. The van der Waals surface area contributed by atoms with E-state index in [1.807, 2.05) is 19.1 Å². The Morgan fingerprint density at radius 2 is 1.57 bits per heavy atom. The maximum absolute atomic E-state index is 12.2.